The van der Waals surface area contributed by atoms with Crippen molar-refractivity contribution in [2.75, 3.05) is 26.6 Å². The fourth-order valence-electron chi connectivity index (χ4n) is 3.38. The van der Waals surface area contributed by atoms with Gasteiger partial charge in [-0.15, -0.1) is 0 Å². The lowest BCUT2D eigenvalue weighted by Crippen LogP contribution is -2.50. The number of rotatable bonds is 12. The average molecular weight is 534 g/mol. The summed E-state index contributed by atoms with van der Waals surface area (Å²) in [7, 11) is -2.13. The van der Waals surface area contributed by atoms with Gasteiger partial charge >= 0.3 is 13.7 Å². The third kappa shape index (κ3) is 6.05. The lowest BCUT2D eigenvalue weighted by atomic mass is 9.93. The van der Waals surface area contributed by atoms with Gasteiger partial charge in [-0.3, -0.25) is 9.32 Å². The molecule has 1 aromatic carbocycles. The Balaban J connectivity index is 1.89. The van der Waals surface area contributed by atoms with Crippen LogP contribution in [0.2, 0.25) is 0 Å². The molecule has 2 heterocycles. The number of aliphatic hydroxyl groups excluding tert-OH is 2. The molecule has 14 nitrogen and oxygen atoms in total. The number of hydrogen-bond acceptors (Lipinski definition) is 12. The van der Waals surface area contributed by atoms with Crippen LogP contribution < -0.4 is 15.3 Å². The standard InChI is InChI=1S/C22H27N6O8P/c1-14(21(31)33-2)27-37(32,36-15-7-5-4-6-8-15)35-12-22(11-23,34-3)19(30)18(29)16-9-10-17-20(24)25-13-26-28(16)17/h4-10,13-14,18-19,29-30H,12H2,1-3H3,(H,27,32)(H2,24,25,26)/t14-,18-,19-,22+,37?/m0/s1. The zero-order valence-electron chi connectivity index (χ0n) is 20.2. The maximum atomic E-state index is 13.6. The molecule has 37 heavy (non-hydrogen) atoms. The predicted molar refractivity (Wildman–Crippen MR) is 129 cm³/mol. The van der Waals surface area contributed by atoms with Crippen LogP contribution in [-0.2, 0) is 23.4 Å². The molecule has 0 amide bonds. The van der Waals surface area contributed by atoms with Gasteiger partial charge in [0.15, 0.2) is 5.82 Å². The van der Waals surface area contributed by atoms with Gasteiger partial charge in [-0.05, 0) is 31.2 Å². The van der Waals surface area contributed by atoms with Gasteiger partial charge in [-0.25, -0.2) is 14.1 Å². The molecule has 0 saturated carbocycles. The number of nitrogen functional groups attached to an aromatic ring is 1. The van der Waals surface area contributed by atoms with Crippen molar-refractivity contribution in [3.63, 3.8) is 0 Å². The van der Waals surface area contributed by atoms with Gasteiger partial charge in [0.1, 0.15) is 48.5 Å². The highest BCUT2D eigenvalue weighted by atomic mass is 31.2. The number of esters is 1. The number of ether oxygens (including phenoxy) is 2. The van der Waals surface area contributed by atoms with Crippen LogP contribution in [0.15, 0.2) is 48.8 Å². The number of nitrogens with one attached hydrogen (secondary N) is 1. The summed E-state index contributed by atoms with van der Waals surface area (Å²) in [5, 5.41) is 38.4. The Hall–Kier alpha value is -3.57. The zero-order chi connectivity index (χ0) is 27.2. The Kier molecular flexibility index (Phi) is 8.82. The van der Waals surface area contributed by atoms with Crippen molar-refractivity contribution in [2.45, 2.75) is 30.8 Å². The number of carbonyl (C=O) groups excluding carboxylic acids is 1. The van der Waals surface area contributed by atoms with Crippen molar-refractivity contribution in [1.82, 2.24) is 19.7 Å². The van der Waals surface area contributed by atoms with Crippen LogP contribution in [0.1, 0.15) is 18.7 Å². The van der Waals surface area contributed by atoms with E-state index >= 15 is 0 Å². The molecule has 0 radical (unpaired) electrons. The Morgan fingerprint density at radius 2 is 1.97 bits per heavy atom. The molecule has 0 aliphatic heterocycles. The van der Waals surface area contributed by atoms with Gasteiger partial charge in [0, 0.05) is 7.11 Å². The molecule has 5 N–H and O–H groups in total. The molecule has 0 aliphatic carbocycles. The summed E-state index contributed by atoms with van der Waals surface area (Å²) in [6.07, 6.45) is -2.50. The van der Waals surface area contributed by atoms with E-state index < -0.39 is 44.2 Å². The molecule has 0 spiro atoms. The van der Waals surface area contributed by atoms with Crippen LogP contribution in [0, 0.1) is 11.3 Å². The van der Waals surface area contributed by atoms with E-state index in [1.165, 1.54) is 35.7 Å². The van der Waals surface area contributed by atoms with Crippen molar-refractivity contribution >= 4 is 25.1 Å². The summed E-state index contributed by atoms with van der Waals surface area (Å²) in [5.41, 5.74) is 4.01. The number of nitrogens with zero attached hydrogens (tertiary/aromatic N) is 4. The summed E-state index contributed by atoms with van der Waals surface area (Å²) < 4.78 is 35.8. The minimum absolute atomic E-state index is 0.0782. The third-order valence-electron chi connectivity index (χ3n) is 5.47. The van der Waals surface area contributed by atoms with Crippen molar-refractivity contribution in [3.8, 4) is 11.8 Å². The Bertz CT molecular complexity index is 1320. The highest BCUT2D eigenvalue weighted by Gasteiger charge is 2.47. The Morgan fingerprint density at radius 3 is 2.59 bits per heavy atom. The molecular weight excluding hydrogens is 507 g/mol. The number of nitrogens with two attached hydrogens (primary N) is 1. The topological polar surface area (TPSA) is 204 Å². The highest BCUT2D eigenvalue weighted by Crippen LogP contribution is 2.46. The van der Waals surface area contributed by atoms with Crippen molar-refractivity contribution in [1.29, 1.82) is 5.26 Å². The number of para-hydroxylation sites is 1. The molecule has 2 aromatic heterocycles. The van der Waals surface area contributed by atoms with E-state index in [4.69, 9.17) is 19.5 Å². The molecule has 5 atom stereocenters. The van der Waals surface area contributed by atoms with E-state index in [1.807, 2.05) is 0 Å². The molecule has 198 valence electrons. The molecule has 0 aliphatic rings. The first kappa shape index (κ1) is 28.0. The van der Waals surface area contributed by atoms with Gasteiger partial charge in [0.2, 0.25) is 5.60 Å². The summed E-state index contributed by atoms with van der Waals surface area (Å²) in [6, 6.07) is 11.5. The van der Waals surface area contributed by atoms with E-state index in [-0.39, 0.29) is 17.3 Å². The van der Waals surface area contributed by atoms with Crippen LogP contribution in [0.25, 0.3) is 5.52 Å². The highest BCUT2D eigenvalue weighted by molar-refractivity contribution is 7.52. The van der Waals surface area contributed by atoms with Gasteiger partial charge in [-0.2, -0.15) is 15.4 Å². The Labute approximate surface area is 212 Å². The number of aromatic nitrogens is 3. The minimum atomic E-state index is -4.38. The van der Waals surface area contributed by atoms with Crippen LogP contribution in [0.5, 0.6) is 5.75 Å². The van der Waals surface area contributed by atoms with Gasteiger partial charge in [0.25, 0.3) is 0 Å². The zero-order valence-corrected chi connectivity index (χ0v) is 21.1. The fraction of sp³-hybridized carbons (Fsp3) is 0.364. The molecule has 3 aromatic rings. The summed E-state index contributed by atoms with van der Waals surface area (Å²) in [6.45, 7) is 0.525. The maximum absolute atomic E-state index is 13.6. The summed E-state index contributed by atoms with van der Waals surface area (Å²) in [5.74, 6) is -0.488. The fourth-order valence-corrected chi connectivity index (χ4v) is 4.90. The lowest BCUT2D eigenvalue weighted by molar-refractivity contribution is -0.142. The maximum Gasteiger partial charge on any atom is 0.459 e. The smallest absolute Gasteiger partial charge is 0.459 e. The Morgan fingerprint density at radius 1 is 1.27 bits per heavy atom. The predicted octanol–water partition coefficient (Wildman–Crippen LogP) is 0.969. The largest absolute Gasteiger partial charge is 0.468 e. The summed E-state index contributed by atoms with van der Waals surface area (Å²) >= 11 is 0. The molecule has 0 fully saturated rings. The molecule has 3 rings (SSSR count). The van der Waals surface area contributed by atoms with E-state index in [0.717, 1.165) is 20.5 Å². The second-order valence-electron chi connectivity index (χ2n) is 7.84. The van der Waals surface area contributed by atoms with Crippen LogP contribution in [0.4, 0.5) is 5.82 Å². The second-order valence-corrected chi connectivity index (χ2v) is 9.54. The number of aliphatic hydroxyl groups is 2. The van der Waals surface area contributed by atoms with E-state index in [0.29, 0.717) is 5.52 Å². The lowest BCUT2D eigenvalue weighted by Gasteiger charge is -2.33. The summed E-state index contributed by atoms with van der Waals surface area (Å²) in [4.78, 5) is 15.8. The molecule has 15 heteroatoms. The van der Waals surface area contributed by atoms with Crippen molar-refractivity contribution in [2.24, 2.45) is 0 Å². The number of nitriles is 1. The number of anilines is 1. The van der Waals surface area contributed by atoms with Gasteiger partial charge < -0.3 is 29.9 Å². The number of hydrogen-bond donors (Lipinski definition) is 4. The first-order valence-corrected chi connectivity index (χ1v) is 12.4. The molecule has 0 saturated heterocycles. The number of carbonyl (C=O) groups is 1. The third-order valence-corrected chi connectivity index (χ3v) is 7.09. The first-order valence-electron chi connectivity index (χ1n) is 10.8. The molecule has 0 bridgehead atoms. The van der Waals surface area contributed by atoms with Gasteiger partial charge in [-0.1, -0.05) is 18.2 Å². The molecule has 1 unspecified atom stereocenters. The monoisotopic (exact) mass is 534 g/mol. The minimum Gasteiger partial charge on any atom is -0.468 e. The number of fused-ring (bicyclic) bond motifs is 1. The average Bonchev–Trinajstić information content (AvgIpc) is 3.34. The van der Waals surface area contributed by atoms with Crippen LogP contribution in [0.3, 0.4) is 0 Å². The van der Waals surface area contributed by atoms with Crippen LogP contribution >= 0.6 is 7.75 Å². The van der Waals surface area contributed by atoms with E-state index in [2.05, 4.69) is 19.9 Å². The van der Waals surface area contributed by atoms with E-state index in [1.54, 1.807) is 24.3 Å². The number of benzene rings is 1. The SMILES string of the molecule is COC(=O)[C@H](C)NP(=O)(OC[C@@](C#N)(OC)[C@@H](O)[C@@H](O)c1ccc2c(N)ncnn12)Oc1ccccc1. The van der Waals surface area contributed by atoms with Crippen LogP contribution in [-0.4, -0.2) is 69.4 Å². The first-order chi connectivity index (χ1) is 17.6. The van der Waals surface area contributed by atoms with Crippen molar-refractivity contribution in [3.05, 3.63) is 54.5 Å². The normalized spacial score (nSPS) is 17.1. The second kappa shape index (κ2) is 11.7. The van der Waals surface area contributed by atoms with Gasteiger partial charge in [0.05, 0.1) is 12.8 Å². The quantitative estimate of drug-likeness (QED) is 0.189. The van der Waals surface area contributed by atoms with E-state index in [9.17, 15) is 24.8 Å². The number of methoxy groups -OCH3 is 2. The molecular formula is C22H27N6O8P. The van der Waals surface area contributed by atoms with Crippen molar-refractivity contribution < 1.29 is 38.1 Å².